The molecule has 3 aromatic rings. The van der Waals surface area contributed by atoms with Gasteiger partial charge in [-0.25, -0.2) is 9.78 Å². The maximum atomic E-state index is 10.8. The van der Waals surface area contributed by atoms with Crippen LogP contribution in [0.25, 0.3) is 11.3 Å². The van der Waals surface area contributed by atoms with Crippen molar-refractivity contribution >= 4 is 17.3 Å². The standard InChI is InChI=1S/C18H15NO3S/c1-12-19-17(11-23-12)14-6-8-16(9-7-14)22-10-13-2-4-15(5-3-13)18(20)21/h2-9,11H,10H2,1H3,(H,20,21). The fourth-order valence-corrected chi connectivity index (χ4v) is 2.75. The first-order chi connectivity index (χ1) is 11.1. The highest BCUT2D eigenvalue weighted by Crippen LogP contribution is 2.24. The number of benzene rings is 2. The van der Waals surface area contributed by atoms with E-state index in [0.29, 0.717) is 6.61 Å². The number of hydrogen-bond acceptors (Lipinski definition) is 4. The van der Waals surface area contributed by atoms with E-state index in [2.05, 4.69) is 4.98 Å². The van der Waals surface area contributed by atoms with Crippen LogP contribution in [0.15, 0.2) is 53.9 Å². The molecular formula is C18H15NO3S. The highest BCUT2D eigenvalue weighted by atomic mass is 32.1. The van der Waals surface area contributed by atoms with Gasteiger partial charge >= 0.3 is 5.97 Å². The normalized spacial score (nSPS) is 10.5. The zero-order valence-electron chi connectivity index (χ0n) is 12.5. The summed E-state index contributed by atoms with van der Waals surface area (Å²) in [6, 6.07) is 14.5. The van der Waals surface area contributed by atoms with Gasteiger partial charge in [0, 0.05) is 10.9 Å². The maximum Gasteiger partial charge on any atom is 0.335 e. The van der Waals surface area contributed by atoms with Crippen molar-refractivity contribution in [2.75, 3.05) is 0 Å². The smallest absolute Gasteiger partial charge is 0.335 e. The van der Waals surface area contributed by atoms with Crippen molar-refractivity contribution in [3.8, 4) is 17.0 Å². The second-order valence-electron chi connectivity index (χ2n) is 5.07. The van der Waals surface area contributed by atoms with E-state index in [1.807, 2.05) is 36.6 Å². The Bertz CT molecular complexity index is 807. The van der Waals surface area contributed by atoms with Gasteiger partial charge in [0.05, 0.1) is 16.3 Å². The van der Waals surface area contributed by atoms with Gasteiger partial charge in [-0.1, -0.05) is 12.1 Å². The highest BCUT2D eigenvalue weighted by molar-refractivity contribution is 7.09. The molecule has 0 bridgehead atoms. The average molecular weight is 325 g/mol. The molecule has 23 heavy (non-hydrogen) atoms. The molecule has 5 heteroatoms. The molecule has 1 N–H and O–H groups in total. The second kappa shape index (κ2) is 6.62. The Labute approximate surface area is 138 Å². The molecule has 3 rings (SSSR count). The SMILES string of the molecule is Cc1nc(-c2ccc(OCc3ccc(C(=O)O)cc3)cc2)cs1. The zero-order chi connectivity index (χ0) is 16.2. The third kappa shape index (κ3) is 3.76. The molecule has 4 nitrogen and oxygen atoms in total. The summed E-state index contributed by atoms with van der Waals surface area (Å²) in [5.74, 6) is -0.159. The van der Waals surface area contributed by atoms with Crippen LogP contribution in [-0.2, 0) is 6.61 Å². The number of carboxylic acid groups (broad SMARTS) is 1. The molecule has 0 spiro atoms. The molecule has 0 aliphatic rings. The topological polar surface area (TPSA) is 59.4 Å². The number of ether oxygens (including phenoxy) is 1. The lowest BCUT2D eigenvalue weighted by atomic mass is 10.1. The van der Waals surface area contributed by atoms with Crippen molar-refractivity contribution in [2.24, 2.45) is 0 Å². The average Bonchev–Trinajstić information content (AvgIpc) is 3.00. The quantitative estimate of drug-likeness (QED) is 0.755. The lowest BCUT2D eigenvalue weighted by molar-refractivity contribution is 0.0697. The number of rotatable bonds is 5. The van der Waals surface area contributed by atoms with E-state index in [0.717, 1.165) is 27.6 Å². The van der Waals surface area contributed by atoms with Gasteiger partial charge in [-0.3, -0.25) is 0 Å². The first-order valence-electron chi connectivity index (χ1n) is 7.09. The van der Waals surface area contributed by atoms with Gasteiger partial charge < -0.3 is 9.84 Å². The summed E-state index contributed by atoms with van der Waals surface area (Å²) >= 11 is 1.63. The van der Waals surface area contributed by atoms with Crippen LogP contribution in [0.3, 0.4) is 0 Å². The molecule has 1 heterocycles. The Balaban J connectivity index is 1.63. The van der Waals surface area contributed by atoms with Gasteiger partial charge in [0.2, 0.25) is 0 Å². The molecule has 0 aliphatic carbocycles. The number of aromatic nitrogens is 1. The Kier molecular flexibility index (Phi) is 4.39. The third-order valence-corrected chi connectivity index (χ3v) is 4.15. The van der Waals surface area contributed by atoms with Crippen LogP contribution in [0.1, 0.15) is 20.9 Å². The zero-order valence-corrected chi connectivity index (χ0v) is 13.3. The monoisotopic (exact) mass is 325 g/mol. The Morgan fingerprint density at radius 1 is 1.13 bits per heavy atom. The Hall–Kier alpha value is -2.66. The van der Waals surface area contributed by atoms with Gasteiger partial charge in [-0.15, -0.1) is 11.3 Å². The third-order valence-electron chi connectivity index (χ3n) is 3.38. The predicted octanol–water partition coefficient (Wildman–Crippen LogP) is 4.40. The summed E-state index contributed by atoms with van der Waals surface area (Å²) in [5.41, 5.74) is 3.24. The van der Waals surface area contributed by atoms with Crippen LogP contribution < -0.4 is 4.74 Å². The van der Waals surface area contributed by atoms with E-state index in [1.165, 1.54) is 0 Å². The Morgan fingerprint density at radius 3 is 2.39 bits per heavy atom. The molecule has 0 amide bonds. The van der Waals surface area contributed by atoms with Crippen molar-refractivity contribution < 1.29 is 14.6 Å². The molecule has 2 aromatic carbocycles. The lowest BCUT2D eigenvalue weighted by Crippen LogP contribution is -1.98. The van der Waals surface area contributed by atoms with Gasteiger partial charge in [-0.05, 0) is 48.9 Å². The van der Waals surface area contributed by atoms with Crippen LogP contribution in [0.5, 0.6) is 5.75 Å². The number of carbonyl (C=O) groups is 1. The number of aryl methyl sites for hydroxylation is 1. The van der Waals surface area contributed by atoms with Crippen LogP contribution in [-0.4, -0.2) is 16.1 Å². The van der Waals surface area contributed by atoms with Crippen LogP contribution in [0.2, 0.25) is 0 Å². The number of nitrogens with zero attached hydrogens (tertiary/aromatic N) is 1. The van der Waals surface area contributed by atoms with E-state index in [-0.39, 0.29) is 5.56 Å². The van der Waals surface area contributed by atoms with E-state index in [9.17, 15) is 4.79 Å². The number of thiazole rings is 1. The van der Waals surface area contributed by atoms with Crippen molar-refractivity contribution in [1.82, 2.24) is 4.98 Å². The molecule has 0 fully saturated rings. The molecule has 0 atom stereocenters. The molecule has 0 unspecified atom stereocenters. The van der Waals surface area contributed by atoms with Crippen molar-refractivity contribution in [2.45, 2.75) is 13.5 Å². The molecule has 1 aromatic heterocycles. The van der Waals surface area contributed by atoms with Gasteiger partial charge in [-0.2, -0.15) is 0 Å². The van der Waals surface area contributed by atoms with E-state index in [1.54, 1.807) is 35.6 Å². The van der Waals surface area contributed by atoms with Gasteiger partial charge in [0.25, 0.3) is 0 Å². The maximum absolute atomic E-state index is 10.8. The molecule has 0 saturated heterocycles. The molecular weight excluding hydrogens is 310 g/mol. The van der Waals surface area contributed by atoms with Crippen LogP contribution in [0.4, 0.5) is 0 Å². The van der Waals surface area contributed by atoms with Crippen molar-refractivity contribution in [1.29, 1.82) is 0 Å². The second-order valence-corrected chi connectivity index (χ2v) is 6.13. The number of carboxylic acids is 1. The summed E-state index contributed by atoms with van der Waals surface area (Å²) in [4.78, 5) is 15.3. The van der Waals surface area contributed by atoms with E-state index in [4.69, 9.17) is 9.84 Å². The fourth-order valence-electron chi connectivity index (χ4n) is 2.13. The molecule has 0 saturated carbocycles. The summed E-state index contributed by atoms with van der Waals surface area (Å²) in [6.45, 7) is 2.39. The largest absolute Gasteiger partial charge is 0.489 e. The molecule has 0 aliphatic heterocycles. The van der Waals surface area contributed by atoms with Crippen LogP contribution in [0, 0.1) is 6.92 Å². The first kappa shape index (κ1) is 15.2. The predicted molar refractivity (Wildman–Crippen MR) is 90.0 cm³/mol. The van der Waals surface area contributed by atoms with Gasteiger partial charge in [0.1, 0.15) is 12.4 Å². The highest BCUT2D eigenvalue weighted by Gasteiger charge is 2.04. The first-order valence-corrected chi connectivity index (χ1v) is 7.97. The minimum Gasteiger partial charge on any atom is -0.489 e. The summed E-state index contributed by atoms with van der Waals surface area (Å²) in [6.07, 6.45) is 0. The van der Waals surface area contributed by atoms with Crippen LogP contribution >= 0.6 is 11.3 Å². The van der Waals surface area contributed by atoms with E-state index >= 15 is 0 Å². The number of hydrogen-bond donors (Lipinski definition) is 1. The summed E-state index contributed by atoms with van der Waals surface area (Å²) in [5, 5.41) is 12.0. The minimum atomic E-state index is -0.926. The summed E-state index contributed by atoms with van der Waals surface area (Å²) in [7, 11) is 0. The number of aromatic carboxylic acids is 1. The van der Waals surface area contributed by atoms with E-state index < -0.39 is 5.97 Å². The molecule has 0 radical (unpaired) electrons. The summed E-state index contributed by atoms with van der Waals surface area (Å²) < 4.78 is 5.72. The Morgan fingerprint density at radius 2 is 1.83 bits per heavy atom. The van der Waals surface area contributed by atoms with Crippen molar-refractivity contribution in [3.63, 3.8) is 0 Å². The fraction of sp³-hybridized carbons (Fsp3) is 0.111. The van der Waals surface area contributed by atoms with Gasteiger partial charge in [0.15, 0.2) is 0 Å². The molecule has 116 valence electrons. The van der Waals surface area contributed by atoms with Crippen molar-refractivity contribution in [3.05, 3.63) is 70.0 Å². The minimum absolute atomic E-state index is 0.275. The lowest BCUT2D eigenvalue weighted by Gasteiger charge is -2.07.